The highest BCUT2D eigenvalue weighted by Crippen LogP contribution is 2.13. The van der Waals surface area contributed by atoms with Crippen molar-refractivity contribution in [2.45, 2.75) is 18.2 Å². The van der Waals surface area contributed by atoms with Crippen LogP contribution in [0.25, 0.3) is 6.08 Å². The van der Waals surface area contributed by atoms with E-state index in [4.69, 9.17) is 0 Å². The van der Waals surface area contributed by atoms with Crippen molar-refractivity contribution >= 4 is 44.2 Å². The Balaban J connectivity index is 2.74. The molecule has 0 unspecified atom stereocenters. The molecule has 0 radical (unpaired) electrons. The van der Waals surface area contributed by atoms with Crippen LogP contribution in [0.15, 0.2) is 29.8 Å². The van der Waals surface area contributed by atoms with Crippen LogP contribution in [0.1, 0.15) is 24.0 Å². The third-order valence-electron chi connectivity index (χ3n) is 2.24. The minimum absolute atomic E-state index is 0.828. The van der Waals surface area contributed by atoms with Crippen LogP contribution in [0.2, 0.25) is 0 Å². The molecule has 0 bridgehead atoms. The van der Waals surface area contributed by atoms with E-state index in [0.717, 1.165) is 40.9 Å². The number of rotatable bonds is 6. The lowest BCUT2D eigenvalue weighted by atomic mass is 10.1. The highest BCUT2D eigenvalue weighted by Gasteiger charge is 1.96. The van der Waals surface area contributed by atoms with Crippen molar-refractivity contribution in [1.82, 2.24) is 0 Å². The fraction of sp³-hybridized carbons (Fsp3) is 0.308. The molecule has 0 N–H and O–H groups in total. The zero-order valence-electron chi connectivity index (χ0n) is 8.96. The van der Waals surface area contributed by atoms with E-state index in [2.05, 4.69) is 44.0 Å². The molecule has 0 saturated heterocycles. The standard InChI is InChI=1S/C13H14Br2O/c14-7-1-2-13(10-16)8-11-3-5-12(9-15)6-4-11/h3-6,8,10H,1-2,7,9H2/b13-8+. The van der Waals surface area contributed by atoms with Gasteiger partial charge in [-0.25, -0.2) is 0 Å². The third kappa shape index (κ3) is 4.62. The summed E-state index contributed by atoms with van der Waals surface area (Å²) >= 11 is 6.77. The van der Waals surface area contributed by atoms with Crippen molar-refractivity contribution in [2.24, 2.45) is 0 Å². The van der Waals surface area contributed by atoms with Crippen molar-refractivity contribution in [3.05, 3.63) is 41.0 Å². The Kier molecular flexibility index (Phi) is 6.65. The van der Waals surface area contributed by atoms with Gasteiger partial charge < -0.3 is 0 Å². The number of hydrogen-bond acceptors (Lipinski definition) is 1. The second kappa shape index (κ2) is 7.80. The van der Waals surface area contributed by atoms with E-state index in [0.29, 0.717) is 0 Å². The molecule has 0 saturated carbocycles. The van der Waals surface area contributed by atoms with Gasteiger partial charge in [0.05, 0.1) is 0 Å². The van der Waals surface area contributed by atoms with Gasteiger partial charge in [-0.3, -0.25) is 4.79 Å². The van der Waals surface area contributed by atoms with Crippen LogP contribution in [-0.4, -0.2) is 11.6 Å². The van der Waals surface area contributed by atoms with Crippen LogP contribution in [0.5, 0.6) is 0 Å². The first kappa shape index (κ1) is 13.7. The SMILES string of the molecule is O=C/C(=C/c1ccc(CBr)cc1)CCCBr. The molecule has 0 aromatic heterocycles. The average Bonchev–Trinajstić information content (AvgIpc) is 2.35. The lowest BCUT2D eigenvalue weighted by molar-refractivity contribution is -0.105. The highest BCUT2D eigenvalue weighted by atomic mass is 79.9. The molecule has 0 aliphatic carbocycles. The number of allylic oxidation sites excluding steroid dienone is 1. The Hall–Kier alpha value is -0.410. The molecule has 1 aromatic rings. The Labute approximate surface area is 113 Å². The number of aldehydes is 1. The van der Waals surface area contributed by atoms with E-state index in [9.17, 15) is 4.79 Å². The molecule has 0 aliphatic rings. The summed E-state index contributed by atoms with van der Waals surface area (Å²) in [5.74, 6) is 0. The van der Waals surface area contributed by atoms with Crippen LogP contribution in [-0.2, 0) is 10.1 Å². The number of carbonyl (C=O) groups is 1. The van der Waals surface area contributed by atoms with Gasteiger partial charge in [-0.05, 0) is 35.6 Å². The smallest absolute Gasteiger partial charge is 0.146 e. The maximum absolute atomic E-state index is 10.8. The Morgan fingerprint density at radius 1 is 1.19 bits per heavy atom. The second-order valence-corrected chi connectivity index (χ2v) is 4.86. The molecule has 16 heavy (non-hydrogen) atoms. The van der Waals surface area contributed by atoms with Gasteiger partial charge in [0.1, 0.15) is 6.29 Å². The van der Waals surface area contributed by atoms with Crippen LogP contribution >= 0.6 is 31.9 Å². The Bertz CT molecular complexity index is 355. The predicted molar refractivity (Wildman–Crippen MR) is 76.1 cm³/mol. The molecule has 1 aromatic carbocycles. The Morgan fingerprint density at radius 2 is 1.88 bits per heavy atom. The first-order chi connectivity index (χ1) is 7.80. The van der Waals surface area contributed by atoms with Gasteiger partial charge in [0, 0.05) is 10.7 Å². The van der Waals surface area contributed by atoms with E-state index in [-0.39, 0.29) is 0 Å². The van der Waals surface area contributed by atoms with Gasteiger partial charge in [0.2, 0.25) is 0 Å². The molecule has 0 atom stereocenters. The van der Waals surface area contributed by atoms with E-state index in [1.807, 2.05) is 18.2 Å². The van der Waals surface area contributed by atoms with Crippen molar-refractivity contribution in [3.63, 3.8) is 0 Å². The van der Waals surface area contributed by atoms with Crippen LogP contribution in [0, 0.1) is 0 Å². The molecule has 3 heteroatoms. The maximum atomic E-state index is 10.8. The lowest BCUT2D eigenvalue weighted by Gasteiger charge is -2.00. The van der Waals surface area contributed by atoms with Gasteiger partial charge in [0.15, 0.2) is 0 Å². The van der Waals surface area contributed by atoms with E-state index < -0.39 is 0 Å². The van der Waals surface area contributed by atoms with E-state index in [1.54, 1.807) is 0 Å². The zero-order chi connectivity index (χ0) is 11.8. The van der Waals surface area contributed by atoms with Gasteiger partial charge in [-0.1, -0.05) is 56.1 Å². The molecular formula is C13H14Br2O. The molecule has 0 spiro atoms. The van der Waals surface area contributed by atoms with E-state index in [1.165, 1.54) is 5.56 Å². The largest absolute Gasteiger partial charge is 0.298 e. The van der Waals surface area contributed by atoms with E-state index >= 15 is 0 Å². The topological polar surface area (TPSA) is 17.1 Å². The van der Waals surface area contributed by atoms with Crippen LogP contribution in [0.3, 0.4) is 0 Å². The quantitative estimate of drug-likeness (QED) is 0.426. The van der Waals surface area contributed by atoms with Crippen molar-refractivity contribution < 1.29 is 4.79 Å². The van der Waals surface area contributed by atoms with Crippen molar-refractivity contribution in [2.75, 3.05) is 5.33 Å². The Morgan fingerprint density at radius 3 is 2.38 bits per heavy atom. The second-order valence-electron chi connectivity index (χ2n) is 3.50. The predicted octanol–water partition coefficient (Wildman–Crippen LogP) is 4.34. The van der Waals surface area contributed by atoms with Crippen LogP contribution in [0.4, 0.5) is 0 Å². The summed E-state index contributed by atoms with van der Waals surface area (Å²) < 4.78 is 0. The van der Waals surface area contributed by atoms with Crippen molar-refractivity contribution in [1.29, 1.82) is 0 Å². The molecule has 0 fully saturated rings. The summed E-state index contributed by atoms with van der Waals surface area (Å²) in [6, 6.07) is 8.20. The zero-order valence-corrected chi connectivity index (χ0v) is 12.1. The third-order valence-corrected chi connectivity index (χ3v) is 3.44. The number of hydrogen-bond donors (Lipinski definition) is 0. The van der Waals surface area contributed by atoms with Gasteiger partial charge >= 0.3 is 0 Å². The molecule has 86 valence electrons. The van der Waals surface area contributed by atoms with Crippen LogP contribution < -0.4 is 0 Å². The normalized spacial score (nSPS) is 11.5. The summed E-state index contributed by atoms with van der Waals surface area (Å²) in [7, 11) is 0. The highest BCUT2D eigenvalue weighted by molar-refractivity contribution is 9.09. The van der Waals surface area contributed by atoms with Gasteiger partial charge in [-0.15, -0.1) is 0 Å². The summed E-state index contributed by atoms with van der Waals surface area (Å²) in [6.07, 6.45) is 4.72. The summed E-state index contributed by atoms with van der Waals surface area (Å²) in [5.41, 5.74) is 3.18. The molecule has 1 rings (SSSR count). The fourth-order valence-corrected chi connectivity index (χ4v) is 2.01. The van der Waals surface area contributed by atoms with Crippen molar-refractivity contribution in [3.8, 4) is 0 Å². The maximum Gasteiger partial charge on any atom is 0.146 e. The van der Waals surface area contributed by atoms with Gasteiger partial charge in [-0.2, -0.15) is 0 Å². The first-order valence-electron chi connectivity index (χ1n) is 5.16. The molecule has 0 heterocycles. The fourth-order valence-electron chi connectivity index (χ4n) is 1.35. The first-order valence-corrected chi connectivity index (χ1v) is 7.41. The minimum Gasteiger partial charge on any atom is -0.298 e. The minimum atomic E-state index is 0.828. The summed E-state index contributed by atoms with van der Waals surface area (Å²) in [6.45, 7) is 0. The van der Waals surface area contributed by atoms with Gasteiger partial charge in [0.25, 0.3) is 0 Å². The molecule has 0 aliphatic heterocycles. The average molecular weight is 346 g/mol. The number of halogens is 2. The number of alkyl halides is 2. The summed E-state index contributed by atoms with van der Waals surface area (Å²) in [4.78, 5) is 10.8. The lowest BCUT2D eigenvalue weighted by Crippen LogP contribution is -1.87. The summed E-state index contributed by atoms with van der Waals surface area (Å²) in [5, 5.41) is 1.79. The molecule has 0 amide bonds. The number of carbonyl (C=O) groups excluding carboxylic acids is 1. The monoisotopic (exact) mass is 344 g/mol. The molecular weight excluding hydrogens is 332 g/mol. The molecule has 1 nitrogen and oxygen atoms in total. The number of benzene rings is 1.